The molecule has 0 N–H and O–H groups in total. The van der Waals surface area contributed by atoms with Gasteiger partial charge >= 0.3 is 5.97 Å². The molecule has 0 aliphatic carbocycles. The predicted octanol–water partition coefficient (Wildman–Crippen LogP) is 1.86. The first kappa shape index (κ1) is 11.3. The first-order valence-electron chi connectivity index (χ1n) is 5.05. The summed E-state index contributed by atoms with van der Waals surface area (Å²) < 4.78 is 19.7. The maximum absolute atomic E-state index is 13.6. The van der Waals surface area contributed by atoms with Crippen molar-refractivity contribution in [2.24, 2.45) is 0 Å². The zero-order valence-electron chi connectivity index (χ0n) is 9.26. The molecule has 0 bridgehead atoms. The summed E-state index contributed by atoms with van der Waals surface area (Å²) in [6.45, 7) is 0.0141. The molecule has 0 aliphatic heterocycles. The van der Waals surface area contributed by atoms with Crippen LogP contribution in [-0.4, -0.2) is 22.6 Å². The molecular formula is C12H11FN2O2. The Labute approximate surface area is 97.7 Å². The van der Waals surface area contributed by atoms with Crippen molar-refractivity contribution in [1.82, 2.24) is 9.55 Å². The molecule has 0 aliphatic rings. The van der Waals surface area contributed by atoms with Crippen LogP contribution in [0.5, 0.6) is 0 Å². The van der Waals surface area contributed by atoms with Gasteiger partial charge in [-0.25, -0.2) is 9.37 Å². The van der Waals surface area contributed by atoms with Crippen molar-refractivity contribution in [2.45, 2.75) is 6.54 Å². The van der Waals surface area contributed by atoms with Gasteiger partial charge in [0.25, 0.3) is 0 Å². The van der Waals surface area contributed by atoms with E-state index in [9.17, 15) is 9.18 Å². The SMILES string of the molecule is COC(=O)Cn1ccnc1-c1ccccc1F. The summed E-state index contributed by atoms with van der Waals surface area (Å²) in [6.07, 6.45) is 3.13. The highest BCUT2D eigenvalue weighted by Crippen LogP contribution is 2.20. The highest BCUT2D eigenvalue weighted by Gasteiger charge is 2.12. The molecule has 1 aromatic heterocycles. The van der Waals surface area contributed by atoms with Crippen LogP contribution in [-0.2, 0) is 16.1 Å². The Balaban J connectivity index is 2.37. The summed E-state index contributed by atoms with van der Waals surface area (Å²) in [6, 6.07) is 6.29. The second kappa shape index (κ2) is 4.78. The monoisotopic (exact) mass is 234 g/mol. The molecule has 0 radical (unpaired) electrons. The predicted molar refractivity (Wildman–Crippen MR) is 59.6 cm³/mol. The van der Waals surface area contributed by atoms with E-state index in [1.807, 2.05) is 0 Å². The van der Waals surface area contributed by atoms with Crippen LogP contribution in [0.1, 0.15) is 0 Å². The molecule has 0 amide bonds. The van der Waals surface area contributed by atoms with Crippen LogP contribution < -0.4 is 0 Å². The Morgan fingerprint density at radius 2 is 2.24 bits per heavy atom. The second-order valence-electron chi connectivity index (χ2n) is 3.43. The number of nitrogens with zero attached hydrogens (tertiary/aromatic N) is 2. The molecule has 1 heterocycles. The average Bonchev–Trinajstić information content (AvgIpc) is 2.77. The van der Waals surface area contributed by atoms with Crippen LogP contribution in [0.3, 0.4) is 0 Å². The smallest absolute Gasteiger partial charge is 0.325 e. The average molecular weight is 234 g/mol. The number of aromatic nitrogens is 2. The minimum Gasteiger partial charge on any atom is -0.468 e. The van der Waals surface area contributed by atoms with Crippen LogP contribution in [0.25, 0.3) is 11.4 Å². The van der Waals surface area contributed by atoms with Crippen LogP contribution in [0.2, 0.25) is 0 Å². The van der Waals surface area contributed by atoms with Crippen LogP contribution in [0, 0.1) is 5.82 Å². The van der Waals surface area contributed by atoms with Gasteiger partial charge < -0.3 is 9.30 Å². The molecule has 17 heavy (non-hydrogen) atoms. The summed E-state index contributed by atoms with van der Waals surface area (Å²) in [5.74, 6) is -0.362. The number of methoxy groups -OCH3 is 1. The van der Waals surface area contributed by atoms with Gasteiger partial charge in [0.1, 0.15) is 18.2 Å². The maximum Gasteiger partial charge on any atom is 0.325 e. The van der Waals surface area contributed by atoms with Gasteiger partial charge in [-0.2, -0.15) is 0 Å². The quantitative estimate of drug-likeness (QED) is 0.761. The highest BCUT2D eigenvalue weighted by molar-refractivity contribution is 5.70. The third kappa shape index (κ3) is 2.33. The van der Waals surface area contributed by atoms with E-state index in [2.05, 4.69) is 9.72 Å². The van der Waals surface area contributed by atoms with E-state index in [1.54, 1.807) is 29.0 Å². The van der Waals surface area contributed by atoms with E-state index in [0.29, 0.717) is 11.4 Å². The number of benzene rings is 1. The van der Waals surface area contributed by atoms with Gasteiger partial charge in [-0.3, -0.25) is 4.79 Å². The van der Waals surface area contributed by atoms with E-state index in [-0.39, 0.29) is 12.4 Å². The summed E-state index contributed by atoms with van der Waals surface area (Å²) in [5.41, 5.74) is 0.362. The first-order valence-corrected chi connectivity index (χ1v) is 5.05. The first-order chi connectivity index (χ1) is 8.22. The minimum absolute atomic E-state index is 0.0141. The van der Waals surface area contributed by atoms with Gasteiger partial charge in [-0.05, 0) is 12.1 Å². The largest absolute Gasteiger partial charge is 0.468 e. The van der Waals surface area contributed by atoms with Crippen molar-refractivity contribution in [3.63, 3.8) is 0 Å². The summed E-state index contributed by atoms with van der Waals surface area (Å²) in [5, 5.41) is 0. The van der Waals surface area contributed by atoms with Crippen molar-refractivity contribution in [2.75, 3.05) is 7.11 Å². The number of hydrogen-bond donors (Lipinski definition) is 0. The van der Waals surface area contributed by atoms with E-state index < -0.39 is 5.97 Å². The molecule has 0 saturated carbocycles. The highest BCUT2D eigenvalue weighted by atomic mass is 19.1. The molecule has 0 fully saturated rings. The van der Waals surface area contributed by atoms with Crippen molar-refractivity contribution in [3.8, 4) is 11.4 Å². The van der Waals surface area contributed by atoms with Crippen LogP contribution in [0.4, 0.5) is 4.39 Å². The molecule has 88 valence electrons. The lowest BCUT2D eigenvalue weighted by Crippen LogP contribution is -2.12. The molecule has 0 atom stereocenters. The van der Waals surface area contributed by atoms with E-state index >= 15 is 0 Å². The maximum atomic E-state index is 13.6. The van der Waals surface area contributed by atoms with Crippen LogP contribution in [0.15, 0.2) is 36.7 Å². The number of carbonyl (C=O) groups excluding carboxylic acids is 1. The molecule has 0 saturated heterocycles. The lowest BCUT2D eigenvalue weighted by Gasteiger charge is -2.07. The number of esters is 1. The number of rotatable bonds is 3. The molecular weight excluding hydrogens is 223 g/mol. The zero-order valence-corrected chi connectivity index (χ0v) is 9.26. The molecule has 2 aromatic rings. The zero-order chi connectivity index (χ0) is 12.3. The third-order valence-corrected chi connectivity index (χ3v) is 2.36. The van der Waals surface area contributed by atoms with Gasteiger partial charge in [-0.1, -0.05) is 12.1 Å². The fourth-order valence-corrected chi connectivity index (χ4v) is 1.53. The number of imidazole rings is 1. The van der Waals surface area contributed by atoms with Gasteiger partial charge in [0.05, 0.1) is 12.7 Å². The number of hydrogen-bond acceptors (Lipinski definition) is 3. The second-order valence-corrected chi connectivity index (χ2v) is 3.43. The lowest BCUT2D eigenvalue weighted by molar-refractivity contribution is -0.141. The number of halogens is 1. The fraction of sp³-hybridized carbons (Fsp3) is 0.167. The molecule has 0 spiro atoms. The lowest BCUT2D eigenvalue weighted by atomic mass is 10.2. The van der Waals surface area contributed by atoms with Crippen molar-refractivity contribution in [1.29, 1.82) is 0 Å². The number of carbonyl (C=O) groups is 1. The Morgan fingerprint density at radius 3 is 2.94 bits per heavy atom. The van der Waals surface area contributed by atoms with E-state index in [0.717, 1.165) is 0 Å². The van der Waals surface area contributed by atoms with E-state index in [4.69, 9.17) is 0 Å². The fourth-order valence-electron chi connectivity index (χ4n) is 1.53. The molecule has 2 rings (SSSR count). The van der Waals surface area contributed by atoms with Crippen LogP contribution >= 0.6 is 0 Å². The molecule has 5 heteroatoms. The molecule has 4 nitrogen and oxygen atoms in total. The summed E-state index contributed by atoms with van der Waals surface area (Å²) in [7, 11) is 1.31. The van der Waals surface area contributed by atoms with Gasteiger partial charge in [0, 0.05) is 12.4 Å². The Bertz CT molecular complexity index is 537. The minimum atomic E-state index is -0.402. The molecule has 0 unspecified atom stereocenters. The van der Waals surface area contributed by atoms with Gasteiger partial charge in [0.2, 0.25) is 0 Å². The summed E-state index contributed by atoms with van der Waals surface area (Å²) in [4.78, 5) is 15.2. The topological polar surface area (TPSA) is 44.1 Å². The normalized spacial score (nSPS) is 10.2. The van der Waals surface area contributed by atoms with Crippen molar-refractivity contribution >= 4 is 5.97 Å². The van der Waals surface area contributed by atoms with Gasteiger partial charge in [0.15, 0.2) is 0 Å². The summed E-state index contributed by atoms with van der Waals surface area (Å²) >= 11 is 0. The number of ether oxygens (including phenoxy) is 1. The third-order valence-electron chi connectivity index (χ3n) is 2.36. The Kier molecular flexibility index (Phi) is 3.18. The standard InChI is InChI=1S/C12H11FN2O2/c1-17-11(16)8-15-7-6-14-12(15)9-4-2-3-5-10(9)13/h2-7H,8H2,1H3. The van der Waals surface area contributed by atoms with Crippen molar-refractivity contribution < 1.29 is 13.9 Å². The van der Waals surface area contributed by atoms with Crippen molar-refractivity contribution in [3.05, 3.63) is 42.5 Å². The van der Waals surface area contributed by atoms with Gasteiger partial charge in [-0.15, -0.1) is 0 Å². The molecule has 1 aromatic carbocycles. The Hall–Kier alpha value is -2.17. The Morgan fingerprint density at radius 1 is 1.47 bits per heavy atom. The van der Waals surface area contributed by atoms with E-state index in [1.165, 1.54) is 19.4 Å².